The first kappa shape index (κ1) is 23.2. The van der Waals surface area contributed by atoms with Crippen molar-refractivity contribution >= 4 is 11.8 Å². The number of ether oxygens (including phenoxy) is 2. The number of carbonyl (C=O) groups excluding carboxylic acids is 2. The maximum absolute atomic E-state index is 13.4. The van der Waals surface area contributed by atoms with Gasteiger partial charge in [-0.3, -0.25) is 4.79 Å². The van der Waals surface area contributed by atoms with Crippen LogP contribution in [0.15, 0.2) is 11.1 Å². The molecule has 0 bridgehead atoms. The van der Waals surface area contributed by atoms with E-state index in [1.54, 1.807) is 0 Å². The lowest BCUT2D eigenvalue weighted by atomic mass is 9.43. The van der Waals surface area contributed by atoms with Crippen LogP contribution < -0.4 is 0 Å². The van der Waals surface area contributed by atoms with Gasteiger partial charge in [0.25, 0.3) is 0 Å². The van der Waals surface area contributed by atoms with Gasteiger partial charge in [0, 0.05) is 12.8 Å². The Morgan fingerprint density at radius 3 is 2.59 bits per heavy atom. The summed E-state index contributed by atoms with van der Waals surface area (Å²) >= 11 is 0. The lowest BCUT2D eigenvalue weighted by Crippen LogP contribution is -2.64. The Labute approximate surface area is 202 Å². The van der Waals surface area contributed by atoms with Gasteiger partial charge >= 0.3 is 5.97 Å². The summed E-state index contributed by atoms with van der Waals surface area (Å²) in [4.78, 5) is 25.9. The van der Waals surface area contributed by atoms with Gasteiger partial charge in [-0.1, -0.05) is 19.4 Å². The molecule has 2 N–H and O–H groups in total. The third-order valence-corrected chi connectivity index (χ3v) is 11.9. The number of fused-ring (bicyclic) bond motifs is 4. The third kappa shape index (κ3) is 2.68. The standard InChI is InChI=1S/C28H40O6/c1-14-11-21(33-25(32)17(14)13-29)15(2)18-5-6-19-16-12-24-28(34-24)23(31)8-7-22(30)27(28,4)20(16)9-10-26(18,19)3/h15-16,18-21,23-24,29,31H,5-13H2,1-4H3. The van der Waals surface area contributed by atoms with Crippen LogP contribution in [0.25, 0.3) is 0 Å². The van der Waals surface area contributed by atoms with Crippen LogP contribution >= 0.6 is 0 Å². The van der Waals surface area contributed by atoms with E-state index in [4.69, 9.17) is 9.47 Å². The number of epoxide rings is 1. The van der Waals surface area contributed by atoms with Crippen molar-refractivity contribution < 1.29 is 29.3 Å². The zero-order chi connectivity index (χ0) is 24.2. The fourth-order valence-electron chi connectivity index (χ4n) is 10.1. The second kappa shape index (κ2) is 7.39. The number of carbonyl (C=O) groups is 2. The van der Waals surface area contributed by atoms with Crippen LogP contribution in [0.5, 0.6) is 0 Å². The summed E-state index contributed by atoms with van der Waals surface area (Å²) in [5, 5.41) is 20.4. The summed E-state index contributed by atoms with van der Waals surface area (Å²) < 4.78 is 12.1. The van der Waals surface area contributed by atoms with E-state index in [9.17, 15) is 19.8 Å². The first-order valence-electron chi connectivity index (χ1n) is 13.5. The molecule has 0 radical (unpaired) electrons. The van der Waals surface area contributed by atoms with Crippen molar-refractivity contribution in [3.8, 4) is 0 Å². The van der Waals surface area contributed by atoms with Gasteiger partial charge in [-0.15, -0.1) is 0 Å². The van der Waals surface area contributed by atoms with Gasteiger partial charge in [-0.25, -0.2) is 4.79 Å². The van der Waals surface area contributed by atoms with Gasteiger partial charge in [0.05, 0.1) is 29.8 Å². The van der Waals surface area contributed by atoms with E-state index in [1.165, 1.54) is 0 Å². The van der Waals surface area contributed by atoms with Crippen LogP contribution in [0.3, 0.4) is 0 Å². The van der Waals surface area contributed by atoms with Gasteiger partial charge in [0.2, 0.25) is 0 Å². The third-order valence-electron chi connectivity index (χ3n) is 11.9. The topological polar surface area (TPSA) is 96.4 Å². The number of ketones is 1. The summed E-state index contributed by atoms with van der Waals surface area (Å²) in [5.74, 6) is 1.93. The number of aliphatic hydroxyl groups excluding tert-OH is 2. The molecule has 2 heterocycles. The van der Waals surface area contributed by atoms with Gasteiger partial charge in [0.15, 0.2) is 0 Å². The van der Waals surface area contributed by atoms with Crippen LogP contribution in [-0.2, 0) is 19.1 Å². The molecule has 1 spiro atoms. The van der Waals surface area contributed by atoms with Crippen LogP contribution in [0.4, 0.5) is 0 Å². The Hall–Kier alpha value is -1.24. The molecule has 4 saturated carbocycles. The molecule has 2 aliphatic heterocycles. The van der Waals surface area contributed by atoms with Crippen molar-refractivity contribution in [2.45, 2.75) is 103 Å². The highest BCUT2D eigenvalue weighted by Crippen LogP contribution is 2.73. The largest absolute Gasteiger partial charge is 0.458 e. The Morgan fingerprint density at radius 1 is 1.12 bits per heavy atom. The maximum atomic E-state index is 13.4. The highest BCUT2D eigenvalue weighted by Gasteiger charge is 2.80. The molecule has 34 heavy (non-hydrogen) atoms. The number of Topliss-reactive ketones (excluding diaryl/α,β-unsaturated/α-hetero) is 1. The average molecular weight is 473 g/mol. The summed E-state index contributed by atoms with van der Waals surface area (Å²) in [6, 6.07) is 0. The van der Waals surface area contributed by atoms with Crippen molar-refractivity contribution in [2.24, 2.45) is 40.4 Å². The van der Waals surface area contributed by atoms with E-state index in [2.05, 4.69) is 20.8 Å². The molecule has 4 aliphatic carbocycles. The minimum Gasteiger partial charge on any atom is -0.458 e. The van der Waals surface area contributed by atoms with Crippen LogP contribution in [0.2, 0.25) is 0 Å². The predicted molar refractivity (Wildman–Crippen MR) is 125 cm³/mol. The molecule has 11 unspecified atom stereocenters. The molecule has 6 rings (SSSR count). The van der Waals surface area contributed by atoms with Gasteiger partial charge < -0.3 is 19.7 Å². The highest BCUT2D eigenvalue weighted by molar-refractivity contribution is 5.90. The lowest BCUT2D eigenvalue weighted by molar-refractivity contribution is -0.166. The molecule has 6 aliphatic rings. The molecule has 11 atom stereocenters. The second-order valence-corrected chi connectivity index (χ2v) is 12.8. The summed E-state index contributed by atoms with van der Waals surface area (Å²) in [7, 11) is 0. The van der Waals surface area contributed by atoms with Gasteiger partial charge in [0.1, 0.15) is 17.5 Å². The first-order valence-corrected chi connectivity index (χ1v) is 13.5. The molecule has 5 fully saturated rings. The Balaban J connectivity index is 1.26. The van der Waals surface area contributed by atoms with Crippen LogP contribution in [0, 0.1) is 40.4 Å². The number of aliphatic hydroxyl groups is 2. The molecule has 0 aromatic carbocycles. The minimum absolute atomic E-state index is 0.0146. The zero-order valence-electron chi connectivity index (χ0n) is 21.0. The van der Waals surface area contributed by atoms with E-state index in [-0.39, 0.29) is 42.0 Å². The molecular formula is C28H40O6. The molecule has 6 heteroatoms. The van der Waals surface area contributed by atoms with Gasteiger partial charge in [-0.05, 0) is 87.4 Å². The summed E-state index contributed by atoms with van der Waals surface area (Å²) in [6.45, 7) is 8.49. The molecule has 0 amide bonds. The fourth-order valence-corrected chi connectivity index (χ4v) is 10.1. The normalized spacial score (nSPS) is 52.8. The van der Waals surface area contributed by atoms with E-state index in [1.807, 2.05) is 6.92 Å². The fraction of sp³-hybridized carbons (Fsp3) is 0.857. The number of rotatable bonds is 3. The van der Waals surface area contributed by atoms with Crippen LogP contribution in [-0.4, -0.2) is 52.5 Å². The molecular weight excluding hydrogens is 432 g/mol. The van der Waals surface area contributed by atoms with Crippen molar-refractivity contribution in [1.82, 2.24) is 0 Å². The quantitative estimate of drug-likeness (QED) is 0.482. The van der Waals surface area contributed by atoms with E-state index >= 15 is 0 Å². The molecule has 6 nitrogen and oxygen atoms in total. The van der Waals surface area contributed by atoms with Crippen LogP contribution in [0.1, 0.15) is 79.1 Å². The molecule has 1 saturated heterocycles. The summed E-state index contributed by atoms with van der Waals surface area (Å²) in [6.07, 6.45) is 6.38. The minimum atomic E-state index is -0.632. The number of esters is 1. The van der Waals surface area contributed by atoms with E-state index < -0.39 is 17.1 Å². The maximum Gasteiger partial charge on any atom is 0.336 e. The van der Waals surface area contributed by atoms with Crippen molar-refractivity contribution in [3.05, 3.63) is 11.1 Å². The Kier molecular flexibility index (Phi) is 5.04. The van der Waals surface area contributed by atoms with Crippen molar-refractivity contribution in [3.63, 3.8) is 0 Å². The molecule has 0 aromatic heterocycles. The summed E-state index contributed by atoms with van der Waals surface area (Å²) in [5.41, 5.74) is 0.333. The average Bonchev–Trinajstić information content (AvgIpc) is 3.43. The van der Waals surface area contributed by atoms with Crippen molar-refractivity contribution in [1.29, 1.82) is 0 Å². The number of hydrogen-bond donors (Lipinski definition) is 2. The van der Waals surface area contributed by atoms with E-state index in [0.717, 1.165) is 37.7 Å². The predicted octanol–water partition coefficient (Wildman–Crippen LogP) is 3.58. The van der Waals surface area contributed by atoms with Gasteiger partial charge in [-0.2, -0.15) is 0 Å². The monoisotopic (exact) mass is 472 g/mol. The molecule has 0 aromatic rings. The smallest absolute Gasteiger partial charge is 0.336 e. The zero-order valence-corrected chi connectivity index (χ0v) is 21.0. The molecule has 188 valence electrons. The first-order chi connectivity index (χ1) is 16.1. The number of cyclic esters (lactones) is 1. The lowest BCUT2D eigenvalue weighted by Gasteiger charge is -2.59. The Bertz CT molecular complexity index is 957. The second-order valence-electron chi connectivity index (χ2n) is 12.8. The van der Waals surface area contributed by atoms with Crippen molar-refractivity contribution in [2.75, 3.05) is 6.61 Å². The highest BCUT2D eigenvalue weighted by atomic mass is 16.6. The van der Waals surface area contributed by atoms with E-state index in [0.29, 0.717) is 48.4 Å². The SMILES string of the molecule is CC1=C(CO)C(=O)OC(C(C)C2CCC3C4CC5OC56C(O)CCC(=O)C6(C)C4CCC23C)C1. The Morgan fingerprint density at radius 2 is 1.88 bits per heavy atom. The number of hydrogen-bond acceptors (Lipinski definition) is 6.